The molecule has 2 heterocycles. The van der Waals surface area contributed by atoms with Gasteiger partial charge in [-0.3, -0.25) is 4.79 Å². The predicted molar refractivity (Wildman–Crippen MR) is 83.4 cm³/mol. The average Bonchev–Trinajstić information content (AvgIpc) is 2.97. The second-order valence-corrected chi connectivity index (χ2v) is 5.63. The minimum absolute atomic E-state index is 0.105. The predicted octanol–water partition coefficient (Wildman–Crippen LogP) is 3.04. The summed E-state index contributed by atoms with van der Waals surface area (Å²) in [5.74, 6) is 0.105. The van der Waals surface area contributed by atoms with Crippen molar-refractivity contribution in [2.75, 3.05) is 19.6 Å². The number of rotatable bonds is 4. The maximum atomic E-state index is 13.0. The molecule has 0 aliphatic carbocycles. The minimum atomic E-state index is 0.105. The summed E-state index contributed by atoms with van der Waals surface area (Å²) in [6, 6.07) is 8.08. The van der Waals surface area contributed by atoms with Crippen molar-refractivity contribution in [3.05, 3.63) is 36.1 Å². The van der Waals surface area contributed by atoms with Crippen LogP contribution in [-0.4, -0.2) is 36.5 Å². The zero-order valence-corrected chi connectivity index (χ0v) is 12.5. The lowest BCUT2D eigenvalue weighted by Crippen LogP contribution is -2.46. The first kappa shape index (κ1) is 14.1. The van der Waals surface area contributed by atoms with E-state index in [-0.39, 0.29) is 5.91 Å². The van der Waals surface area contributed by atoms with Crippen LogP contribution < -0.4 is 5.32 Å². The van der Waals surface area contributed by atoms with Crippen LogP contribution in [0.15, 0.2) is 34.9 Å². The molecule has 1 aromatic carbocycles. The van der Waals surface area contributed by atoms with Gasteiger partial charge in [-0.15, -0.1) is 0 Å². The van der Waals surface area contributed by atoms with E-state index in [1.165, 1.54) is 0 Å². The van der Waals surface area contributed by atoms with Gasteiger partial charge in [0.05, 0.1) is 5.56 Å². The molecule has 0 unspecified atom stereocenters. The topological polar surface area (TPSA) is 45.5 Å². The highest BCUT2D eigenvalue weighted by atomic mass is 16.3. The normalized spacial score (nSPS) is 16.2. The molecule has 4 heteroatoms. The molecule has 0 spiro atoms. The number of piperidine rings is 1. The highest BCUT2D eigenvalue weighted by molar-refractivity contribution is 6.06. The molecule has 1 fully saturated rings. The van der Waals surface area contributed by atoms with Crippen molar-refractivity contribution in [1.29, 1.82) is 0 Å². The van der Waals surface area contributed by atoms with Gasteiger partial charge in [0.2, 0.25) is 0 Å². The lowest BCUT2D eigenvalue weighted by Gasteiger charge is -2.34. The summed E-state index contributed by atoms with van der Waals surface area (Å²) in [5.41, 5.74) is 1.47. The zero-order chi connectivity index (χ0) is 14.7. The third-order valence-electron chi connectivity index (χ3n) is 4.19. The van der Waals surface area contributed by atoms with E-state index in [1.54, 1.807) is 6.26 Å². The zero-order valence-electron chi connectivity index (χ0n) is 12.5. The van der Waals surface area contributed by atoms with Crippen LogP contribution in [0.2, 0.25) is 0 Å². The number of furan rings is 1. The van der Waals surface area contributed by atoms with Crippen LogP contribution >= 0.6 is 0 Å². The number of para-hydroxylation sites is 1. The van der Waals surface area contributed by atoms with Crippen LogP contribution in [0.5, 0.6) is 0 Å². The molecule has 1 aliphatic heterocycles. The Kier molecular flexibility index (Phi) is 4.25. The second-order valence-electron chi connectivity index (χ2n) is 5.63. The molecule has 1 aromatic heterocycles. The van der Waals surface area contributed by atoms with Crippen molar-refractivity contribution in [2.45, 2.75) is 32.2 Å². The lowest BCUT2D eigenvalue weighted by molar-refractivity contribution is 0.0643. The Morgan fingerprint density at radius 3 is 2.86 bits per heavy atom. The molecule has 0 bridgehead atoms. The van der Waals surface area contributed by atoms with Gasteiger partial charge in [0.1, 0.15) is 11.8 Å². The van der Waals surface area contributed by atoms with Gasteiger partial charge in [-0.1, -0.05) is 25.1 Å². The highest BCUT2D eigenvalue weighted by Crippen LogP contribution is 2.24. The van der Waals surface area contributed by atoms with E-state index in [2.05, 4.69) is 12.2 Å². The summed E-state index contributed by atoms with van der Waals surface area (Å²) in [7, 11) is 0. The first-order valence-electron chi connectivity index (χ1n) is 7.79. The van der Waals surface area contributed by atoms with Crippen molar-refractivity contribution >= 4 is 16.9 Å². The fourth-order valence-electron chi connectivity index (χ4n) is 3.11. The van der Waals surface area contributed by atoms with E-state index in [0.29, 0.717) is 11.6 Å². The lowest BCUT2D eigenvalue weighted by atomic mass is 10.0. The van der Waals surface area contributed by atoms with E-state index in [0.717, 1.165) is 49.9 Å². The van der Waals surface area contributed by atoms with Gasteiger partial charge in [0.15, 0.2) is 0 Å². The summed E-state index contributed by atoms with van der Waals surface area (Å²) in [6.45, 7) is 4.91. The smallest absolute Gasteiger partial charge is 0.257 e. The number of nitrogens with one attached hydrogen (secondary N) is 1. The second kappa shape index (κ2) is 6.31. The molecule has 3 rings (SSSR count). The number of carbonyl (C=O) groups is 1. The Morgan fingerprint density at radius 1 is 1.33 bits per heavy atom. The van der Waals surface area contributed by atoms with Crippen LogP contribution in [0.3, 0.4) is 0 Å². The Hall–Kier alpha value is -1.81. The van der Waals surface area contributed by atoms with Crippen molar-refractivity contribution in [3.8, 4) is 0 Å². The van der Waals surface area contributed by atoms with Crippen molar-refractivity contribution < 1.29 is 9.21 Å². The summed E-state index contributed by atoms with van der Waals surface area (Å²) in [4.78, 5) is 15.0. The maximum absolute atomic E-state index is 13.0. The minimum Gasteiger partial charge on any atom is -0.463 e. The van der Waals surface area contributed by atoms with E-state index in [4.69, 9.17) is 4.42 Å². The monoisotopic (exact) mass is 286 g/mol. The fourth-order valence-corrected chi connectivity index (χ4v) is 3.11. The molecule has 4 nitrogen and oxygen atoms in total. The Morgan fingerprint density at radius 2 is 2.10 bits per heavy atom. The molecule has 1 aliphatic rings. The van der Waals surface area contributed by atoms with Crippen LogP contribution in [0, 0.1) is 0 Å². The number of carbonyl (C=O) groups excluding carboxylic acids is 1. The summed E-state index contributed by atoms with van der Waals surface area (Å²) >= 11 is 0. The standard InChI is InChI=1S/C17H22N2O2/c1-2-11-19(13-7-9-18-10-8-13)17(20)15-12-21-16-6-4-3-5-14(15)16/h3-6,12-13,18H,2,7-11H2,1H3. The molecular formula is C17H22N2O2. The van der Waals surface area contributed by atoms with E-state index in [9.17, 15) is 4.79 Å². The molecule has 0 radical (unpaired) electrons. The van der Waals surface area contributed by atoms with Gasteiger partial charge in [-0.25, -0.2) is 0 Å². The molecule has 0 saturated carbocycles. The first-order chi connectivity index (χ1) is 10.3. The molecular weight excluding hydrogens is 264 g/mol. The largest absolute Gasteiger partial charge is 0.463 e. The van der Waals surface area contributed by atoms with Gasteiger partial charge in [-0.05, 0) is 38.4 Å². The molecule has 1 saturated heterocycles. The maximum Gasteiger partial charge on any atom is 0.257 e. The molecule has 0 atom stereocenters. The van der Waals surface area contributed by atoms with E-state index >= 15 is 0 Å². The molecule has 112 valence electrons. The summed E-state index contributed by atoms with van der Waals surface area (Å²) in [5, 5.41) is 4.27. The van der Waals surface area contributed by atoms with Crippen LogP contribution in [0.4, 0.5) is 0 Å². The molecule has 21 heavy (non-hydrogen) atoms. The van der Waals surface area contributed by atoms with Gasteiger partial charge >= 0.3 is 0 Å². The number of nitrogens with zero attached hydrogens (tertiary/aromatic N) is 1. The van der Waals surface area contributed by atoms with Crippen molar-refractivity contribution in [3.63, 3.8) is 0 Å². The van der Waals surface area contributed by atoms with Gasteiger partial charge < -0.3 is 14.6 Å². The number of amides is 1. The highest BCUT2D eigenvalue weighted by Gasteiger charge is 2.27. The van der Waals surface area contributed by atoms with Crippen LogP contribution in [0.1, 0.15) is 36.5 Å². The molecule has 1 amide bonds. The number of benzene rings is 1. The third kappa shape index (κ3) is 2.81. The quantitative estimate of drug-likeness (QED) is 0.939. The first-order valence-corrected chi connectivity index (χ1v) is 7.79. The van der Waals surface area contributed by atoms with Crippen molar-refractivity contribution in [2.24, 2.45) is 0 Å². The third-order valence-corrected chi connectivity index (χ3v) is 4.19. The van der Waals surface area contributed by atoms with Crippen LogP contribution in [-0.2, 0) is 0 Å². The van der Waals surface area contributed by atoms with Gasteiger partial charge in [0, 0.05) is 18.0 Å². The SMILES string of the molecule is CCCN(C(=O)c1coc2ccccc12)C1CCNCC1. The number of hydrogen-bond acceptors (Lipinski definition) is 3. The molecule has 1 N–H and O–H groups in total. The van der Waals surface area contributed by atoms with Crippen molar-refractivity contribution in [1.82, 2.24) is 10.2 Å². The molecule has 2 aromatic rings. The van der Waals surface area contributed by atoms with E-state index < -0.39 is 0 Å². The summed E-state index contributed by atoms with van der Waals surface area (Å²) in [6.07, 6.45) is 4.64. The fraction of sp³-hybridized carbons (Fsp3) is 0.471. The average molecular weight is 286 g/mol. The Bertz CT molecular complexity index is 614. The Balaban J connectivity index is 1.89. The summed E-state index contributed by atoms with van der Waals surface area (Å²) < 4.78 is 5.53. The number of hydrogen-bond donors (Lipinski definition) is 1. The van der Waals surface area contributed by atoms with Gasteiger partial charge in [-0.2, -0.15) is 0 Å². The van der Waals surface area contributed by atoms with Crippen LogP contribution in [0.25, 0.3) is 11.0 Å². The Labute approximate surface area is 125 Å². The van der Waals surface area contributed by atoms with E-state index in [1.807, 2.05) is 29.2 Å². The van der Waals surface area contributed by atoms with Gasteiger partial charge in [0.25, 0.3) is 5.91 Å². The number of fused-ring (bicyclic) bond motifs is 1.